The lowest BCUT2D eigenvalue weighted by molar-refractivity contribution is 0.159. The summed E-state index contributed by atoms with van der Waals surface area (Å²) in [5, 5.41) is 6.81. The number of aromatic nitrogens is 1. The highest BCUT2D eigenvalue weighted by atomic mass is 127. The molecule has 170 valence electrons. The van der Waals surface area contributed by atoms with Gasteiger partial charge >= 0.3 is 0 Å². The summed E-state index contributed by atoms with van der Waals surface area (Å²) in [6, 6.07) is 14.7. The Morgan fingerprint density at radius 3 is 2.71 bits per heavy atom. The van der Waals surface area contributed by atoms with Crippen molar-refractivity contribution in [1.82, 2.24) is 20.5 Å². The zero-order valence-corrected chi connectivity index (χ0v) is 21.0. The van der Waals surface area contributed by atoms with Gasteiger partial charge in [-0.2, -0.15) is 0 Å². The van der Waals surface area contributed by atoms with E-state index in [9.17, 15) is 0 Å². The van der Waals surface area contributed by atoms with E-state index < -0.39 is 0 Å². The van der Waals surface area contributed by atoms with Gasteiger partial charge in [-0.3, -0.25) is 9.98 Å². The van der Waals surface area contributed by atoms with Crippen molar-refractivity contribution in [2.24, 2.45) is 4.99 Å². The number of aliphatic imine (C=N–C) groups is 1. The first-order chi connectivity index (χ1) is 14.7. The third-order valence-electron chi connectivity index (χ3n) is 5.57. The first-order valence-corrected chi connectivity index (χ1v) is 11.0. The number of hydrogen-bond acceptors (Lipinski definition) is 4. The summed E-state index contributed by atoms with van der Waals surface area (Å²) >= 11 is 0. The average Bonchev–Trinajstić information content (AvgIpc) is 2.80. The molecular weight excluding hydrogens is 501 g/mol. The summed E-state index contributed by atoms with van der Waals surface area (Å²) in [7, 11) is 1.82. The van der Waals surface area contributed by atoms with Gasteiger partial charge in [-0.05, 0) is 62.6 Å². The molecule has 0 bridgehead atoms. The van der Waals surface area contributed by atoms with Crippen LogP contribution in [0.25, 0.3) is 0 Å². The quantitative estimate of drug-likeness (QED) is 0.217. The molecule has 6 nitrogen and oxygen atoms in total. The zero-order valence-electron chi connectivity index (χ0n) is 18.7. The zero-order chi connectivity index (χ0) is 21.0. The van der Waals surface area contributed by atoms with Crippen LogP contribution in [0.2, 0.25) is 0 Å². The monoisotopic (exact) mass is 537 g/mol. The van der Waals surface area contributed by atoms with E-state index in [1.807, 2.05) is 37.4 Å². The molecule has 2 heterocycles. The van der Waals surface area contributed by atoms with Crippen molar-refractivity contribution < 1.29 is 4.74 Å². The van der Waals surface area contributed by atoms with Crippen LogP contribution in [-0.2, 0) is 13.2 Å². The Morgan fingerprint density at radius 2 is 2.00 bits per heavy atom. The number of piperidine rings is 1. The minimum Gasteiger partial charge on any atom is -0.487 e. The van der Waals surface area contributed by atoms with E-state index in [-0.39, 0.29) is 24.0 Å². The number of benzene rings is 1. The standard InChI is InChI=1S/C24H35N5O.HI/c1-20-8-4-6-16-29(20)17-7-15-27-24(25-2)28-18-21-10-12-23(13-11-21)30-19-22-9-3-5-14-26-22;/h3,5,9-14,20H,4,6-8,15-19H2,1-2H3,(H2,25,27,28);1H. The number of ether oxygens (including phenoxy) is 1. The summed E-state index contributed by atoms with van der Waals surface area (Å²) < 4.78 is 5.79. The van der Waals surface area contributed by atoms with E-state index in [2.05, 4.69) is 44.6 Å². The van der Waals surface area contributed by atoms with Crippen molar-refractivity contribution in [3.05, 3.63) is 59.9 Å². The van der Waals surface area contributed by atoms with Gasteiger partial charge in [0.1, 0.15) is 12.4 Å². The van der Waals surface area contributed by atoms with Crippen LogP contribution in [-0.4, -0.2) is 48.6 Å². The summed E-state index contributed by atoms with van der Waals surface area (Å²) in [4.78, 5) is 11.2. The Balaban J connectivity index is 0.00000341. The van der Waals surface area contributed by atoms with Gasteiger partial charge in [-0.15, -0.1) is 24.0 Å². The first-order valence-electron chi connectivity index (χ1n) is 11.0. The molecule has 1 aliphatic heterocycles. The molecule has 1 aliphatic rings. The van der Waals surface area contributed by atoms with Gasteiger partial charge in [0.2, 0.25) is 0 Å². The molecule has 31 heavy (non-hydrogen) atoms. The highest BCUT2D eigenvalue weighted by Crippen LogP contribution is 2.16. The van der Waals surface area contributed by atoms with Crippen LogP contribution in [0.4, 0.5) is 0 Å². The number of nitrogens with one attached hydrogen (secondary N) is 2. The molecule has 2 N–H and O–H groups in total. The van der Waals surface area contributed by atoms with Gasteiger partial charge in [-0.25, -0.2) is 0 Å². The van der Waals surface area contributed by atoms with Crippen LogP contribution < -0.4 is 15.4 Å². The number of rotatable bonds is 9. The number of nitrogens with zero attached hydrogens (tertiary/aromatic N) is 3. The molecule has 1 aromatic heterocycles. The molecular formula is C24H36IN5O. The van der Waals surface area contributed by atoms with Crippen molar-refractivity contribution in [2.45, 2.75) is 51.8 Å². The van der Waals surface area contributed by atoms with Crippen molar-refractivity contribution >= 4 is 29.9 Å². The van der Waals surface area contributed by atoms with E-state index in [4.69, 9.17) is 4.74 Å². The summed E-state index contributed by atoms with van der Waals surface area (Å²) in [5.74, 6) is 1.69. The van der Waals surface area contributed by atoms with Crippen molar-refractivity contribution in [1.29, 1.82) is 0 Å². The predicted molar refractivity (Wildman–Crippen MR) is 138 cm³/mol. The smallest absolute Gasteiger partial charge is 0.191 e. The Morgan fingerprint density at radius 1 is 1.16 bits per heavy atom. The minimum atomic E-state index is 0. The molecule has 0 aliphatic carbocycles. The van der Waals surface area contributed by atoms with Crippen LogP contribution in [0.5, 0.6) is 5.75 Å². The van der Waals surface area contributed by atoms with Gasteiger partial charge in [0, 0.05) is 38.9 Å². The second-order valence-corrected chi connectivity index (χ2v) is 7.84. The number of hydrogen-bond donors (Lipinski definition) is 2. The first kappa shape index (κ1) is 25.4. The molecule has 1 atom stereocenters. The molecule has 0 amide bonds. The van der Waals surface area contributed by atoms with Crippen LogP contribution in [0.3, 0.4) is 0 Å². The summed E-state index contributed by atoms with van der Waals surface area (Å²) in [5.41, 5.74) is 2.11. The van der Waals surface area contributed by atoms with E-state index in [0.717, 1.165) is 49.5 Å². The lowest BCUT2D eigenvalue weighted by Gasteiger charge is -2.33. The van der Waals surface area contributed by atoms with Crippen LogP contribution in [0.1, 0.15) is 43.9 Å². The molecule has 2 aromatic rings. The summed E-state index contributed by atoms with van der Waals surface area (Å²) in [6.07, 6.45) is 6.97. The fraction of sp³-hybridized carbons (Fsp3) is 0.500. The number of likely N-dealkylation sites (tertiary alicyclic amines) is 1. The maximum absolute atomic E-state index is 5.79. The van der Waals surface area contributed by atoms with Crippen molar-refractivity contribution in [3.8, 4) is 5.75 Å². The van der Waals surface area contributed by atoms with Crippen molar-refractivity contribution in [3.63, 3.8) is 0 Å². The van der Waals surface area contributed by atoms with Crippen LogP contribution in [0.15, 0.2) is 53.7 Å². The Bertz CT molecular complexity index is 769. The fourth-order valence-corrected chi connectivity index (χ4v) is 3.73. The minimum absolute atomic E-state index is 0. The topological polar surface area (TPSA) is 61.8 Å². The number of halogens is 1. The number of pyridine rings is 1. The largest absolute Gasteiger partial charge is 0.487 e. The second-order valence-electron chi connectivity index (χ2n) is 7.84. The molecule has 1 fully saturated rings. The fourth-order valence-electron chi connectivity index (χ4n) is 3.73. The highest BCUT2D eigenvalue weighted by Gasteiger charge is 2.17. The van der Waals surface area contributed by atoms with Gasteiger partial charge in [0.15, 0.2) is 5.96 Å². The Labute approximate surface area is 203 Å². The predicted octanol–water partition coefficient (Wildman–Crippen LogP) is 4.21. The molecule has 0 radical (unpaired) electrons. The van der Waals surface area contributed by atoms with Gasteiger partial charge in [0.25, 0.3) is 0 Å². The third kappa shape index (κ3) is 9.03. The van der Waals surface area contributed by atoms with Gasteiger partial charge in [0.05, 0.1) is 5.69 Å². The lowest BCUT2D eigenvalue weighted by Crippen LogP contribution is -2.41. The highest BCUT2D eigenvalue weighted by molar-refractivity contribution is 14.0. The molecule has 3 rings (SSSR count). The SMILES string of the molecule is CN=C(NCCCN1CCCCC1C)NCc1ccc(OCc2ccccn2)cc1.I. The summed E-state index contributed by atoms with van der Waals surface area (Å²) in [6.45, 7) is 6.89. The van der Waals surface area contributed by atoms with Gasteiger partial charge < -0.3 is 20.3 Å². The molecule has 7 heteroatoms. The Kier molecular flexibility index (Phi) is 11.7. The average molecular weight is 537 g/mol. The molecule has 0 saturated carbocycles. The third-order valence-corrected chi connectivity index (χ3v) is 5.57. The van der Waals surface area contributed by atoms with E-state index in [0.29, 0.717) is 6.61 Å². The molecule has 1 saturated heterocycles. The normalized spacial score (nSPS) is 17.0. The Hall–Kier alpha value is -1.87. The van der Waals surface area contributed by atoms with E-state index in [1.54, 1.807) is 6.20 Å². The second kappa shape index (κ2) is 14.2. The number of guanidine groups is 1. The maximum Gasteiger partial charge on any atom is 0.191 e. The van der Waals surface area contributed by atoms with Gasteiger partial charge in [-0.1, -0.05) is 24.6 Å². The molecule has 0 spiro atoms. The van der Waals surface area contributed by atoms with E-state index >= 15 is 0 Å². The van der Waals surface area contributed by atoms with Crippen LogP contribution >= 0.6 is 24.0 Å². The molecule has 1 unspecified atom stereocenters. The van der Waals surface area contributed by atoms with Crippen molar-refractivity contribution in [2.75, 3.05) is 26.7 Å². The van der Waals surface area contributed by atoms with E-state index in [1.165, 1.54) is 31.4 Å². The lowest BCUT2D eigenvalue weighted by atomic mass is 10.0. The molecule has 1 aromatic carbocycles. The van der Waals surface area contributed by atoms with Crippen LogP contribution in [0, 0.1) is 0 Å². The maximum atomic E-state index is 5.79.